The van der Waals surface area contributed by atoms with Crippen molar-refractivity contribution in [1.82, 2.24) is 10.3 Å². The Hall–Kier alpha value is -0.830. The molecule has 1 heterocycles. The van der Waals surface area contributed by atoms with Crippen molar-refractivity contribution in [1.29, 1.82) is 0 Å². The molecule has 0 aliphatic rings. The van der Waals surface area contributed by atoms with Gasteiger partial charge in [-0.3, -0.25) is 0 Å². The highest BCUT2D eigenvalue weighted by molar-refractivity contribution is 4.89. The van der Waals surface area contributed by atoms with Gasteiger partial charge in [0.25, 0.3) is 0 Å². The molecule has 0 saturated heterocycles. The first-order valence-electron chi connectivity index (χ1n) is 4.26. The van der Waals surface area contributed by atoms with Gasteiger partial charge in [-0.25, -0.2) is 4.98 Å². The Bertz CT molecular complexity index is 216. The molecule has 0 aromatic carbocycles. The van der Waals surface area contributed by atoms with Crippen LogP contribution in [0.2, 0.25) is 0 Å². The molecule has 68 valence electrons. The largest absolute Gasteiger partial charge is 0.447 e. The Kier molecular flexibility index (Phi) is 2.87. The van der Waals surface area contributed by atoms with Crippen molar-refractivity contribution in [2.75, 3.05) is 0 Å². The van der Waals surface area contributed by atoms with Gasteiger partial charge in [-0.05, 0) is 20.3 Å². The Balaban J connectivity index is 2.36. The normalized spacial score (nSPS) is 11.9. The van der Waals surface area contributed by atoms with Gasteiger partial charge in [-0.15, -0.1) is 0 Å². The maximum Gasteiger partial charge on any atom is 0.180 e. The SMILES string of the molecule is CCC(C)(C)NCc1cnco1. The molecule has 0 saturated carbocycles. The molecule has 1 aromatic heterocycles. The maximum atomic E-state index is 5.10. The molecule has 0 unspecified atom stereocenters. The van der Waals surface area contributed by atoms with E-state index >= 15 is 0 Å². The number of oxazole rings is 1. The fourth-order valence-corrected chi connectivity index (χ4v) is 0.781. The molecule has 0 spiro atoms. The number of rotatable bonds is 4. The number of aromatic nitrogens is 1. The predicted octanol–water partition coefficient (Wildman–Crippen LogP) is 1.95. The average molecular weight is 168 g/mol. The first-order valence-corrected chi connectivity index (χ1v) is 4.26. The molecule has 1 aromatic rings. The molecular formula is C9H16N2O. The monoisotopic (exact) mass is 168 g/mol. The summed E-state index contributed by atoms with van der Waals surface area (Å²) in [5.41, 5.74) is 0.173. The first-order chi connectivity index (χ1) is 5.64. The molecule has 0 atom stereocenters. The fraction of sp³-hybridized carbons (Fsp3) is 0.667. The molecule has 0 radical (unpaired) electrons. The molecule has 0 bridgehead atoms. The lowest BCUT2D eigenvalue weighted by atomic mass is 10.0. The Morgan fingerprint density at radius 2 is 2.33 bits per heavy atom. The van der Waals surface area contributed by atoms with Gasteiger partial charge in [0.1, 0.15) is 5.76 Å². The van der Waals surface area contributed by atoms with E-state index in [0.717, 1.165) is 18.7 Å². The summed E-state index contributed by atoms with van der Waals surface area (Å²) in [6, 6.07) is 0. The van der Waals surface area contributed by atoms with E-state index in [2.05, 4.69) is 31.1 Å². The highest BCUT2D eigenvalue weighted by atomic mass is 16.3. The lowest BCUT2D eigenvalue weighted by Crippen LogP contribution is -2.37. The van der Waals surface area contributed by atoms with Crippen molar-refractivity contribution in [2.24, 2.45) is 0 Å². The van der Waals surface area contributed by atoms with Crippen LogP contribution in [0.3, 0.4) is 0 Å². The van der Waals surface area contributed by atoms with Crippen molar-refractivity contribution in [3.8, 4) is 0 Å². The minimum absolute atomic E-state index is 0.173. The Morgan fingerprint density at radius 3 is 2.83 bits per heavy atom. The second kappa shape index (κ2) is 3.72. The predicted molar refractivity (Wildman–Crippen MR) is 47.7 cm³/mol. The summed E-state index contributed by atoms with van der Waals surface area (Å²) in [6.45, 7) is 7.25. The quantitative estimate of drug-likeness (QED) is 0.746. The van der Waals surface area contributed by atoms with Crippen LogP contribution in [0.5, 0.6) is 0 Å². The topological polar surface area (TPSA) is 38.1 Å². The molecule has 0 aliphatic heterocycles. The number of nitrogens with zero attached hydrogens (tertiary/aromatic N) is 1. The van der Waals surface area contributed by atoms with Gasteiger partial charge in [0, 0.05) is 5.54 Å². The third-order valence-electron chi connectivity index (χ3n) is 2.11. The van der Waals surface area contributed by atoms with Crippen LogP contribution in [0.25, 0.3) is 0 Å². The van der Waals surface area contributed by atoms with Crippen molar-refractivity contribution in [2.45, 2.75) is 39.3 Å². The minimum Gasteiger partial charge on any atom is -0.447 e. The van der Waals surface area contributed by atoms with Gasteiger partial charge in [0.15, 0.2) is 6.39 Å². The smallest absolute Gasteiger partial charge is 0.180 e. The Morgan fingerprint density at radius 1 is 1.58 bits per heavy atom. The van der Waals surface area contributed by atoms with Crippen LogP contribution in [-0.2, 0) is 6.54 Å². The van der Waals surface area contributed by atoms with E-state index in [1.807, 2.05) is 0 Å². The third-order valence-corrected chi connectivity index (χ3v) is 2.11. The summed E-state index contributed by atoms with van der Waals surface area (Å²) in [5.74, 6) is 0.886. The zero-order chi connectivity index (χ0) is 9.03. The van der Waals surface area contributed by atoms with Crippen molar-refractivity contribution in [3.63, 3.8) is 0 Å². The summed E-state index contributed by atoms with van der Waals surface area (Å²) in [5, 5.41) is 3.38. The van der Waals surface area contributed by atoms with Gasteiger partial charge >= 0.3 is 0 Å². The van der Waals surface area contributed by atoms with Gasteiger partial charge in [-0.2, -0.15) is 0 Å². The van der Waals surface area contributed by atoms with E-state index in [4.69, 9.17) is 4.42 Å². The molecule has 0 aliphatic carbocycles. The van der Waals surface area contributed by atoms with Gasteiger partial charge in [0.2, 0.25) is 0 Å². The highest BCUT2D eigenvalue weighted by Crippen LogP contribution is 2.08. The highest BCUT2D eigenvalue weighted by Gasteiger charge is 2.13. The third kappa shape index (κ3) is 2.66. The molecule has 1 N–H and O–H groups in total. The molecule has 12 heavy (non-hydrogen) atoms. The van der Waals surface area contributed by atoms with Crippen LogP contribution in [0.15, 0.2) is 17.0 Å². The minimum atomic E-state index is 0.173. The molecule has 0 amide bonds. The average Bonchev–Trinajstić information content (AvgIpc) is 2.53. The van der Waals surface area contributed by atoms with Crippen LogP contribution >= 0.6 is 0 Å². The van der Waals surface area contributed by atoms with E-state index in [-0.39, 0.29) is 5.54 Å². The van der Waals surface area contributed by atoms with Crippen LogP contribution in [0.1, 0.15) is 33.0 Å². The summed E-state index contributed by atoms with van der Waals surface area (Å²) >= 11 is 0. The molecule has 0 fully saturated rings. The summed E-state index contributed by atoms with van der Waals surface area (Å²) in [4.78, 5) is 3.84. The standard InChI is InChI=1S/C9H16N2O/c1-4-9(2,3)11-6-8-5-10-7-12-8/h5,7,11H,4,6H2,1-3H3. The lowest BCUT2D eigenvalue weighted by Gasteiger charge is -2.23. The molecule has 1 rings (SSSR count). The van der Waals surface area contributed by atoms with Gasteiger partial charge < -0.3 is 9.73 Å². The van der Waals surface area contributed by atoms with Gasteiger partial charge in [-0.1, -0.05) is 6.92 Å². The van der Waals surface area contributed by atoms with Crippen molar-refractivity contribution >= 4 is 0 Å². The van der Waals surface area contributed by atoms with Crippen LogP contribution in [0.4, 0.5) is 0 Å². The number of hydrogen-bond donors (Lipinski definition) is 1. The molecular weight excluding hydrogens is 152 g/mol. The summed E-state index contributed by atoms with van der Waals surface area (Å²) in [7, 11) is 0. The maximum absolute atomic E-state index is 5.10. The Labute approximate surface area is 73.2 Å². The lowest BCUT2D eigenvalue weighted by molar-refractivity contribution is 0.351. The molecule has 3 nitrogen and oxygen atoms in total. The molecule has 3 heteroatoms. The second-order valence-electron chi connectivity index (χ2n) is 3.56. The zero-order valence-electron chi connectivity index (χ0n) is 7.92. The summed E-state index contributed by atoms with van der Waals surface area (Å²) < 4.78 is 5.10. The van der Waals surface area contributed by atoms with E-state index < -0.39 is 0 Å². The van der Waals surface area contributed by atoms with E-state index in [1.54, 1.807) is 6.20 Å². The van der Waals surface area contributed by atoms with E-state index in [1.165, 1.54) is 6.39 Å². The second-order valence-corrected chi connectivity index (χ2v) is 3.56. The van der Waals surface area contributed by atoms with Crippen LogP contribution < -0.4 is 5.32 Å². The zero-order valence-corrected chi connectivity index (χ0v) is 7.92. The fourth-order valence-electron chi connectivity index (χ4n) is 0.781. The van der Waals surface area contributed by atoms with E-state index in [0.29, 0.717) is 0 Å². The van der Waals surface area contributed by atoms with Crippen molar-refractivity contribution < 1.29 is 4.42 Å². The van der Waals surface area contributed by atoms with Crippen LogP contribution in [0, 0.1) is 0 Å². The van der Waals surface area contributed by atoms with Crippen LogP contribution in [-0.4, -0.2) is 10.5 Å². The first kappa shape index (κ1) is 9.26. The van der Waals surface area contributed by atoms with E-state index in [9.17, 15) is 0 Å². The summed E-state index contributed by atoms with van der Waals surface area (Å²) in [6.07, 6.45) is 4.29. The number of hydrogen-bond acceptors (Lipinski definition) is 3. The van der Waals surface area contributed by atoms with Crippen molar-refractivity contribution in [3.05, 3.63) is 18.4 Å². The number of nitrogens with one attached hydrogen (secondary N) is 1. The van der Waals surface area contributed by atoms with Gasteiger partial charge in [0.05, 0.1) is 12.7 Å².